The second-order valence-electron chi connectivity index (χ2n) is 4.87. The summed E-state index contributed by atoms with van der Waals surface area (Å²) in [5.41, 5.74) is 0.276. The number of nitrogens with one attached hydrogen (secondary N) is 1. The fourth-order valence-corrected chi connectivity index (χ4v) is 2.58. The quantitative estimate of drug-likeness (QED) is 0.766. The molecule has 1 heterocycles. The zero-order valence-corrected chi connectivity index (χ0v) is 11.1. The molecule has 3 N–H and O–H groups in total. The van der Waals surface area contributed by atoms with Crippen molar-refractivity contribution in [3.63, 3.8) is 0 Å². The average Bonchev–Trinajstić information content (AvgIpc) is 2.82. The first-order valence-electron chi connectivity index (χ1n) is 6.65. The molecule has 5 heteroatoms. The molecule has 1 aromatic carbocycles. The molecule has 0 bridgehead atoms. The minimum absolute atomic E-state index is 0.110. The molecule has 1 aromatic rings. The largest absolute Gasteiger partial charge is 0.508 e. The number of phenols is 2. The molecule has 0 saturated carbocycles. The van der Waals surface area contributed by atoms with E-state index in [4.69, 9.17) is 0 Å². The second-order valence-corrected chi connectivity index (χ2v) is 4.87. The Bertz CT molecular complexity index is 442. The lowest BCUT2D eigenvalue weighted by molar-refractivity contribution is 0.0940. The van der Waals surface area contributed by atoms with Gasteiger partial charge in [-0.15, -0.1) is 0 Å². The normalized spacial score (nSPS) is 19.5. The van der Waals surface area contributed by atoms with Gasteiger partial charge < -0.3 is 15.5 Å². The van der Waals surface area contributed by atoms with Crippen LogP contribution in [0.5, 0.6) is 11.5 Å². The zero-order valence-electron chi connectivity index (χ0n) is 11.1. The van der Waals surface area contributed by atoms with Crippen LogP contribution in [-0.2, 0) is 0 Å². The van der Waals surface area contributed by atoms with Gasteiger partial charge in [0.15, 0.2) is 0 Å². The zero-order chi connectivity index (χ0) is 13.8. The van der Waals surface area contributed by atoms with Gasteiger partial charge in [-0.2, -0.15) is 0 Å². The van der Waals surface area contributed by atoms with Crippen molar-refractivity contribution in [1.82, 2.24) is 10.2 Å². The Balaban J connectivity index is 1.94. The van der Waals surface area contributed by atoms with E-state index in [0.29, 0.717) is 12.6 Å². The number of likely N-dealkylation sites (N-methyl/N-ethyl adjacent to an activating group) is 1. The molecule has 1 aliphatic rings. The maximum atomic E-state index is 11.9. The molecule has 19 heavy (non-hydrogen) atoms. The first-order valence-corrected chi connectivity index (χ1v) is 6.65. The van der Waals surface area contributed by atoms with Gasteiger partial charge in [0, 0.05) is 24.2 Å². The highest BCUT2D eigenvalue weighted by molar-refractivity contribution is 5.95. The molecule has 1 saturated heterocycles. The number of amides is 1. The van der Waals surface area contributed by atoms with Crippen LogP contribution in [0.2, 0.25) is 0 Å². The van der Waals surface area contributed by atoms with E-state index >= 15 is 0 Å². The van der Waals surface area contributed by atoms with Crippen LogP contribution in [0.15, 0.2) is 18.2 Å². The van der Waals surface area contributed by atoms with Crippen LogP contribution in [0, 0.1) is 0 Å². The van der Waals surface area contributed by atoms with Gasteiger partial charge in [0.05, 0.1) is 0 Å². The summed E-state index contributed by atoms with van der Waals surface area (Å²) in [4.78, 5) is 14.3. The molecule has 0 aliphatic carbocycles. The highest BCUT2D eigenvalue weighted by Gasteiger charge is 2.23. The highest BCUT2D eigenvalue weighted by Crippen LogP contribution is 2.20. The van der Waals surface area contributed by atoms with Crippen molar-refractivity contribution >= 4 is 5.91 Å². The Hall–Kier alpha value is -1.75. The summed E-state index contributed by atoms with van der Waals surface area (Å²) in [6.45, 7) is 4.80. The van der Waals surface area contributed by atoms with Crippen molar-refractivity contribution < 1.29 is 15.0 Å². The third kappa shape index (κ3) is 3.38. The first-order chi connectivity index (χ1) is 9.10. The molecule has 1 unspecified atom stereocenters. The highest BCUT2D eigenvalue weighted by atomic mass is 16.3. The van der Waals surface area contributed by atoms with Gasteiger partial charge in [-0.25, -0.2) is 0 Å². The predicted octanol–water partition coefficient (Wildman–Crippen LogP) is 1.31. The molecular weight excluding hydrogens is 244 g/mol. The third-order valence-corrected chi connectivity index (χ3v) is 3.57. The van der Waals surface area contributed by atoms with Crippen molar-refractivity contribution in [2.45, 2.75) is 25.8 Å². The van der Waals surface area contributed by atoms with E-state index in [0.717, 1.165) is 19.5 Å². The fourth-order valence-electron chi connectivity index (χ4n) is 2.58. The van der Waals surface area contributed by atoms with Crippen LogP contribution < -0.4 is 5.32 Å². The van der Waals surface area contributed by atoms with Crippen LogP contribution in [-0.4, -0.2) is 46.7 Å². The van der Waals surface area contributed by atoms with Gasteiger partial charge >= 0.3 is 0 Å². The van der Waals surface area contributed by atoms with Crippen LogP contribution >= 0.6 is 0 Å². The van der Waals surface area contributed by atoms with Crippen molar-refractivity contribution in [3.05, 3.63) is 23.8 Å². The Labute approximate surface area is 112 Å². The van der Waals surface area contributed by atoms with Crippen molar-refractivity contribution in [1.29, 1.82) is 0 Å². The van der Waals surface area contributed by atoms with Gasteiger partial charge in [-0.1, -0.05) is 6.92 Å². The fraction of sp³-hybridized carbons (Fsp3) is 0.500. The smallest absolute Gasteiger partial charge is 0.251 e. The molecular formula is C14H20N2O3. The van der Waals surface area contributed by atoms with Gasteiger partial charge in [-0.3, -0.25) is 9.69 Å². The number of phenolic OH excluding ortho intramolecular Hbond substituents is 2. The molecule has 2 rings (SSSR count). The number of aromatic hydroxyl groups is 2. The summed E-state index contributed by atoms with van der Waals surface area (Å²) in [5, 5.41) is 21.6. The molecule has 1 atom stereocenters. The SMILES string of the molecule is CCN1CCCC1CNC(=O)c1cc(O)cc(O)c1. The minimum atomic E-state index is -0.269. The number of rotatable bonds is 4. The summed E-state index contributed by atoms with van der Waals surface area (Å²) in [5.74, 6) is -0.489. The van der Waals surface area contributed by atoms with Crippen molar-refractivity contribution in [2.24, 2.45) is 0 Å². The molecule has 0 radical (unpaired) electrons. The number of carbonyl (C=O) groups is 1. The van der Waals surface area contributed by atoms with Gasteiger partial charge in [0.1, 0.15) is 11.5 Å². The summed E-state index contributed by atoms with van der Waals surface area (Å²) < 4.78 is 0. The number of nitrogens with zero attached hydrogens (tertiary/aromatic N) is 1. The van der Waals surface area contributed by atoms with E-state index in [1.165, 1.54) is 24.6 Å². The number of benzene rings is 1. The molecule has 104 valence electrons. The number of hydrogen-bond acceptors (Lipinski definition) is 4. The molecule has 0 aromatic heterocycles. The second kappa shape index (κ2) is 5.93. The maximum absolute atomic E-state index is 11.9. The van der Waals surface area contributed by atoms with Gasteiger partial charge in [0.2, 0.25) is 0 Å². The summed E-state index contributed by atoms with van der Waals surface area (Å²) in [6, 6.07) is 4.29. The van der Waals surface area contributed by atoms with Crippen molar-refractivity contribution in [2.75, 3.05) is 19.6 Å². The standard InChI is InChI=1S/C14H20N2O3/c1-2-16-5-3-4-11(16)9-15-14(19)10-6-12(17)8-13(18)7-10/h6-8,11,17-18H,2-5,9H2,1H3,(H,15,19). The van der Waals surface area contributed by atoms with E-state index in [2.05, 4.69) is 17.1 Å². The average molecular weight is 264 g/mol. The topological polar surface area (TPSA) is 72.8 Å². The van der Waals surface area contributed by atoms with E-state index in [1.807, 2.05) is 0 Å². The van der Waals surface area contributed by atoms with Gasteiger partial charge in [-0.05, 0) is 38.1 Å². The molecule has 1 fully saturated rings. The Kier molecular flexibility index (Phi) is 4.27. The van der Waals surface area contributed by atoms with Gasteiger partial charge in [0.25, 0.3) is 5.91 Å². The predicted molar refractivity (Wildman–Crippen MR) is 72.4 cm³/mol. The third-order valence-electron chi connectivity index (χ3n) is 3.57. The lowest BCUT2D eigenvalue weighted by Gasteiger charge is -2.22. The summed E-state index contributed by atoms with van der Waals surface area (Å²) >= 11 is 0. The number of hydrogen-bond donors (Lipinski definition) is 3. The van der Waals surface area contributed by atoms with Crippen LogP contribution in [0.4, 0.5) is 0 Å². The first kappa shape index (κ1) is 13.7. The minimum Gasteiger partial charge on any atom is -0.508 e. The summed E-state index contributed by atoms with van der Waals surface area (Å²) in [7, 11) is 0. The van der Waals surface area contributed by atoms with E-state index in [1.54, 1.807) is 0 Å². The van der Waals surface area contributed by atoms with E-state index in [9.17, 15) is 15.0 Å². The molecule has 1 aliphatic heterocycles. The Morgan fingerprint density at radius 3 is 2.68 bits per heavy atom. The lowest BCUT2D eigenvalue weighted by Crippen LogP contribution is -2.40. The number of likely N-dealkylation sites (tertiary alicyclic amines) is 1. The van der Waals surface area contributed by atoms with Crippen LogP contribution in [0.1, 0.15) is 30.1 Å². The van der Waals surface area contributed by atoms with Crippen LogP contribution in [0.3, 0.4) is 0 Å². The Morgan fingerprint density at radius 2 is 2.05 bits per heavy atom. The monoisotopic (exact) mass is 264 g/mol. The Morgan fingerprint density at radius 1 is 1.37 bits per heavy atom. The number of carbonyl (C=O) groups excluding carboxylic acids is 1. The summed E-state index contributed by atoms with van der Waals surface area (Å²) in [6.07, 6.45) is 2.26. The van der Waals surface area contributed by atoms with E-state index in [-0.39, 0.29) is 23.0 Å². The maximum Gasteiger partial charge on any atom is 0.251 e. The lowest BCUT2D eigenvalue weighted by atomic mass is 10.1. The van der Waals surface area contributed by atoms with Crippen molar-refractivity contribution in [3.8, 4) is 11.5 Å². The molecule has 1 amide bonds. The molecule has 0 spiro atoms. The van der Waals surface area contributed by atoms with Crippen LogP contribution in [0.25, 0.3) is 0 Å². The van der Waals surface area contributed by atoms with E-state index < -0.39 is 0 Å². The molecule has 5 nitrogen and oxygen atoms in total.